The summed E-state index contributed by atoms with van der Waals surface area (Å²) in [6.07, 6.45) is 4.28. The van der Waals surface area contributed by atoms with Crippen molar-refractivity contribution in [2.75, 3.05) is 13.2 Å². The lowest BCUT2D eigenvalue weighted by atomic mass is 10.2. The van der Waals surface area contributed by atoms with Crippen LogP contribution in [0, 0.1) is 0 Å². The molecule has 5 heteroatoms. The van der Waals surface area contributed by atoms with Crippen LogP contribution < -0.4 is 5.32 Å². The molecule has 0 aliphatic carbocycles. The molecule has 0 amide bonds. The fraction of sp³-hybridized carbons (Fsp3) is 0.529. The van der Waals surface area contributed by atoms with Gasteiger partial charge in [-0.05, 0) is 32.4 Å². The van der Waals surface area contributed by atoms with Crippen LogP contribution in [0.2, 0.25) is 0 Å². The van der Waals surface area contributed by atoms with Crippen molar-refractivity contribution in [2.45, 2.75) is 45.8 Å². The molecule has 2 aromatic rings. The van der Waals surface area contributed by atoms with Crippen LogP contribution >= 0.6 is 0 Å². The number of ether oxygens (including phenoxy) is 1. The topological polar surface area (TPSA) is 52.0 Å². The van der Waals surface area contributed by atoms with Crippen LogP contribution in [0.1, 0.15) is 45.3 Å². The van der Waals surface area contributed by atoms with Crippen LogP contribution in [0.5, 0.6) is 0 Å². The van der Waals surface area contributed by atoms with Crippen molar-refractivity contribution < 1.29 is 4.74 Å². The summed E-state index contributed by atoms with van der Waals surface area (Å²) in [6, 6.07) is 10.2. The van der Waals surface area contributed by atoms with Crippen molar-refractivity contribution in [3.05, 3.63) is 42.2 Å². The molecule has 0 saturated carbocycles. The molecule has 1 aromatic heterocycles. The van der Waals surface area contributed by atoms with Gasteiger partial charge in [-0.1, -0.05) is 36.8 Å². The van der Waals surface area contributed by atoms with Crippen molar-refractivity contribution in [3.8, 4) is 5.69 Å². The highest BCUT2D eigenvalue weighted by Crippen LogP contribution is 2.16. The normalized spacial score (nSPS) is 14.0. The minimum Gasteiger partial charge on any atom is -0.377 e. The molecule has 2 rings (SSSR count). The smallest absolute Gasteiger partial charge is 0.0812 e. The van der Waals surface area contributed by atoms with Crippen LogP contribution in [-0.4, -0.2) is 34.2 Å². The quantitative estimate of drug-likeness (QED) is 0.773. The standard InChI is InChI=1S/C17H26N4O/c1-4-9-16(22-5-2)12-18-14(3)17-13-19-20-21(17)15-10-7-6-8-11-15/h6-8,10-11,13-14,16,18H,4-5,9,12H2,1-3H3. The fourth-order valence-corrected chi connectivity index (χ4v) is 2.52. The Kier molecular flexibility index (Phi) is 6.55. The van der Waals surface area contributed by atoms with Gasteiger partial charge < -0.3 is 10.1 Å². The number of rotatable bonds is 9. The highest BCUT2D eigenvalue weighted by Gasteiger charge is 2.15. The first-order valence-electron chi connectivity index (χ1n) is 8.07. The molecule has 1 N–H and O–H groups in total. The van der Waals surface area contributed by atoms with E-state index in [9.17, 15) is 0 Å². The van der Waals surface area contributed by atoms with Crippen molar-refractivity contribution in [1.29, 1.82) is 0 Å². The van der Waals surface area contributed by atoms with Crippen molar-refractivity contribution in [3.63, 3.8) is 0 Å². The minimum absolute atomic E-state index is 0.162. The van der Waals surface area contributed by atoms with Gasteiger partial charge in [-0.15, -0.1) is 5.10 Å². The lowest BCUT2D eigenvalue weighted by molar-refractivity contribution is 0.0544. The van der Waals surface area contributed by atoms with Gasteiger partial charge in [0.25, 0.3) is 0 Å². The second-order valence-electron chi connectivity index (χ2n) is 5.40. The molecular weight excluding hydrogens is 276 g/mol. The first-order chi connectivity index (χ1) is 10.8. The third-order valence-electron chi connectivity index (χ3n) is 3.68. The zero-order valence-corrected chi connectivity index (χ0v) is 13.7. The van der Waals surface area contributed by atoms with Gasteiger partial charge in [-0.2, -0.15) is 0 Å². The molecule has 0 spiro atoms. The zero-order valence-electron chi connectivity index (χ0n) is 13.7. The van der Waals surface area contributed by atoms with Gasteiger partial charge in [0.2, 0.25) is 0 Å². The number of hydrogen-bond donors (Lipinski definition) is 1. The largest absolute Gasteiger partial charge is 0.377 e. The molecule has 0 bridgehead atoms. The number of nitrogens with one attached hydrogen (secondary N) is 1. The van der Waals surface area contributed by atoms with E-state index in [4.69, 9.17) is 4.74 Å². The minimum atomic E-state index is 0.162. The molecule has 22 heavy (non-hydrogen) atoms. The van der Waals surface area contributed by atoms with Crippen molar-refractivity contribution in [2.24, 2.45) is 0 Å². The van der Waals surface area contributed by atoms with E-state index >= 15 is 0 Å². The van der Waals surface area contributed by atoms with Crippen LogP contribution in [-0.2, 0) is 4.74 Å². The lowest BCUT2D eigenvalue weighted by Crippen LogP contribution is -2.32. The highest BCUT2D eigenvalue weighted by atomic mass is 16.5. The summed E-state index contributed by atoms with van der Waals surface area (Å²) in [5.74, 6) is 0. The summed E-state index contributed by atoms with van der Waals surface area (Å²) in [4.78, 5) is 0. The SMILES string of the molecule is CCCC(CNC(C)c1cnnn1-c1ccccc1)OCC. The Balaban J connectivity index is 2.01. The average molecular weight is 302 g/mol. The van der Waals surface area contributed by atoms with Gasteiger partial charge >= 0.3 is 0 Å². The Hall–Kier alpha value is -1.72. The molecule has 1 aromatic carbocycles. The van der Waals surface area contributed by atoms with Crippen LogP contribution in [0.3, 0.4) is 0 Å². The predicted octanol–water partition coefficient (Wildman–Crippen LogP) is 3.12. The summed E-state index contributed by atoms with van der Waals surface area (Å²) in [7, 11) is 0. The van der Waals surface area contributed by atoms with Gasteiger partial charge in [0.15, 0.2) is 0 Å². The maximum Gasteiger partial charge on any atom is 0.0812 e. The molecule has 0 aliphatic heterocycles. The second kappa shape index (κ2) is 8.66. The summed E-state index contributed by atoms with van der Waals surface area (Å²) in [5, 5.41) is 11.8. The van der Waals surface area contributed by atoms with Gasteiger partial charge in [-0.3, -0.25) is 0 Å². The van der Waals surface area contributed by atoms with Gasteiger partial charge in [0, 0.05) is 19.2 Å². The predicted molar refractivity (Wildman–Crippen MR) is 88.1 cm³/mol. The number of nitrogens with zero attached hydrogens (tertiary/aromatic N) is 3. The number of hydrogen-bond acceptors (Lipinski definition) is 4. The van der Waals surface area contributed by atoms with Gasteiger partial charge in [0.05, 0.1) is 23.7 Å². The molecule has 1 heterocycles. The zero-order chi connectivity index (χ0) is 15.8. The Morgan fingerprint density at radius 2 is 2.00 bits per heavy atom. The number of benzene rings is 1. The van der Waals surface area contributed by atoms with E-state index in [-0.39, 0.29) is 12.1 Å². The van der Waals surface area contributed by atoms with Crippen molar-refractivity contribution in [1.82, 2.24) is 20.3 Å². The fourth-order valence-electron chi connectivity index (χ4n) is 2.52. The third-order valence-corrected chi connectivity index (χ3v) is 3.68. The van der Waals surface area contributed by atoms with E-state index in [1.807, 2.05) is 48.1 Å². The number of aromatic nitrogens is 3. The second-order valence-corrected chi connectivity index (χ2v) is 5.40. The molecule has 5 nitrogen and oxygen atoms in total. The highest BCUT2D eigenvalue weighted by molar-refractivity contribution is 5.32. The van der Waals surface area contributed by atoms with Crippen LogP contribution in [0.4, 0.5) is 0 Å². The van der Waals surface area contributed by atoms with E-state index < -0.39 is 0 Å². The first-order valence-corrected chi connectivity index (χ1v) is 8.07. The Labute approximate surface area is 132 Å². The molecule has 0 radical (unpaired) electrons. The Morgan fingerprint density at radius 3 is 2.68 bits per heavy atom. The van der Waals surface area contributed by atoms with Gasteiger partial charge in [-0.25, -0.2) is 4.68 Å². The summed E-state index contributed by atoms with van der Waals surface area (Å²) < 4.78 is 7.65. The van der Waals surface area contributed by atoms with E-state index in [1.165, 1.54) is 0 Å². The molecule has 0 aliphatic rings. The lowest BCUT2D eigenvalue weighted by Gasteiger charge is -2.20. The molecular formula is C17H26N4O. The Bertz CT molecular complexity index is 535. The molecule has 120 valence electrons. The van der Waals surface area contributed by atoms with E-state index in [0.717, 1.165) is 37.4 Å². The molecule has 2 unspecified atom stereocenters. The third kappa shape index (κ3) is 4.39. The maximum atomic E-state index is 5.76. The van der Waals surface area contributed by atoms with Crippen LogP contribution in [0.15, 0.2) is 36.5 Å². The average Bonchev–Trinajstić information content (AvgIpc) is 3.03. The van der Waals surface area contributed by atoms with Crippen molar-refractivity contribution >= 4 is 0 Å². The number of para-hydroxylation sites is 1. The molecule has 0 saturated heterocycles. The first kappa shape index (κ1) is 16.6. The Morgan fingerprint density at radius 1 is 1.23 bits per heavy atom. The van der Waals surface area contributed by atoms with Crippen LogP contribution in [0.25, 0.3) is 5.69 Å². The van der Waals surface area contributed by atoms with E-state index in [2.05, 4.69) is 29.5 Å². The maximum absolute atomic E-state index is 5.76. The summed E-state index contributed by atoms with van der Waals surface area (Å²) in [6.45, 7) is 7.95. The monoisotopic (exact) mass is 302 g/mol. The molecule has 0 fully saturated rings. The van der Waals surface area contributed by atoms with E-state index in [1.54, 1.807) is 0 Å². The summed E-state index contributed by atoms with van der Waals surface area (Å²) >= 11 is 0. The van der Waals surface area contributed by atoms with Gasteiger partial charge in [0.1, 0.15) is 0 Å². The molecule has 2 atom stereocenters. The summed E-state index contributed by atoms with van der Waals surface area (Å²) in [5.41, 5.74) is 2.08. The van der Waals surface area contributed by atoms with E-state index in [0.29, 0.717) is 0 Å².